The monoisotopic (exact) mass is 471 g/mol. The first-order chi connectivity index (χ1) is 15.8. The van der Waals surface area contributed by atoms with Gasteiger partial charge in [-0.05, 0) is 42.9 Å². The molecule has 4 rings (SSSR count). The molecule has 2 aromatic rings. The molecular weight excluding hydrogens is 442 g/mol. The molecule has 9 nitrogen and oxygen atoms in total. The van der Waals surface area contributed by atoms with Crippen LogP contribution < -0.4 is 10.6 Å². The topological polar surface area (TPSA) is 102 Å². The number of amides is 2. The van der Waals surface area contributed by atoms with Gasteiger partial charge in [-0.3, -0.25) is 14.5 Å². The lowest BCUT2D eigenvalue weighted by molar-refractivity contribution is -0.122. The zero-order valence-corrected chi connectivity index (χ0v) is 19.5. The second-order valence-corrected chi connectivity index (χ2v) is 10.4. The molecule has 0 spiro atoms. The molecule has 2 aliphatic heterocycles. The van der Waals surface area contributed by atoms with Crippen molar-refractivity contribution in [1.29, 1.82) is 0 Å². The molecule has 0 atom stereocenters. The molecule has 0 saturated carbocycles. The number of likely N-dealkylation sites (N-methyl/N-ethyl adjacent to an activating group) is 1. The molecule has 0 unspecified atom stereocenters. The Bertz CT molecular complexity index is 1130. The average Bonchev–Trinajstić information content (AvgIpc) is 2.81. The van der Waals surface area contributed by atoms with Gasteiger partial charge >= 0.3 is 0 Å². The summed E-state index contributed by atoms with van der Waals surface area (Å²) < 4.78 is 27.0. The van der Waals surface area contributed by atoms with Gasteiger partial charge in [0.15, 0.2) is 0 Å². The molecule has 0 bridgehead atoms. The van der Waals surface area contributed by atoms with E-state index in [1.54, 1.807) is 6.07 Å². The number of carbonyl (C=O) groups is 2. The summed E-state index contributed by atoms with van der Waals surface area (Å²) in [5.41, 5.74) is 2.01. The maximum Gasteiger partial charge on any atom is 0.255 e. The van der Waals surface area contributed by atoms with Crippen molar-refractivity contribution in [3.05, 3.63) is 59.7 Å². The van der Waals surface area contributed by atoms with Crippen molar-refractivity contribution in [2.24, 2.45) is 0 Å². The molecule has 2 saturated heterocycles. The van der Waals surface area contributed by atoms with Gasteiger partial charge in [0.1, 0.15) is 0 Å². The summed E-state index contributed by atoms with van der Waals surface area (Å²) in [5.74, 6) is -0.727. The van der Waals surface area contributed by atoms with E-state index < -0.39 is 10.0 Å². The molecule has 0 aliphatic carbocycles. The van der Waals surface area contributed by atoms with Gasteiger partial charge in [0.25, 0.3) is 5.91 Å². The highest BCUT2D eigenvalue weighted by Gasteiger charge is 2.29. The molecule has 2 aliphatic rings. The van der Waals surface area contributed by atoms with Gasteiger partial charge in [0.2, 0.25) is 15.9 Å². The smallest absolute Gasteiger partial charge is 0.255 e. The number of nitrogens with zero attached hydrogens (tertiary/aromatic N) is 3. The Kier molecular flexibility index (Phi) is 7.08. The van der Waals surface area contributed by atoms with Crippen LogP contribution >= 0.6 is 0 Å². The first-order valence-electron chi connectivity index (χ1n) is 11.0. The number of sulfonamides is 1. The predicted octanol–water partition coefficient (Wildman–Crippen LogP) is 0.807. The lowest BCUT2D eigenvalue weighted by Gasteiger charge is -2.32. The second-order valence-electron chi connectivity index (χ2n) is 8.45. The maximum atomic E-state index is 12.9. The van der Waals surface area contributed by atoms with Crippen molar-refractivity contribution in [3.63, 3.8) is 0 Å². The largest absolute Gasteiger partial charge is 0.354 e. The number of hydrogen-bond donors (Lipinski definition) is 2. The molecule has 2 heterocycles. The van der Waals surface area contributed by atoms with E-state index in [-0.39, 0.29) is 41.9 Å². The van der Waals surface area contributed by atoms with E-state index in [1.165, 1.54) is 18.2 Å². The van der Waals surface area contributed by atoms with Crippen LogP contribution in [0.25, 0.3) is 0 Å². The Hall–Kier alpha value is -2.79. The van der Waals surface area contributed by atoms with Crippen LogP contribution in [0, 0.1) is 0 Å². The normalized spacial score (nSPS) is 18.6. The summed E-state index contributed by atoms with van der Waals surface area (Å²) in [7, 11) is -1.75. The van der Waals surface area contributed by atoms with Crippen molar-refractivity contribution in [2.45, 2.75) is 11.4 Å². The van der Waals surface area contributed by atoms with E-state index in [0.717, 1.165) is 42.6 Å². The van der Waals surface area contributed by atoms with E-state index in [1.807, 2.05) is 24.3 Å². The molecule has 0 radical (unpaired) electrons. The maximum absolute atomic E-state index is 12.9. The number of hydrogen-bond acceptors (Lipinski definition) is 6. The Labute approximate surface area is 194 Å². The van der Waals surface area contributed by atoms with Crippen molar-refractivity contribution in [1.82, 2.24) is 19.4 Å². The third-order valence-corrected chi connectivity index (χ3v) is 7.77. The summed E-state index contributed by atoms with van der Waals surface area (Å²) in [6.07, 6.45) is 0. The highest BCUT2D eigenvalue weighted by atomic mass is 32.2. The van der Waals surface area contributed by atoms with Gasteiger partial charge in [0.05, 0.1) is 11.4 Å². The molecule has 176 valence electrons. The van der Waals surface area contributed by atoms with Gasteiger partial charge in [-0.15, -0.1) is 0 Å². The van der Waals surface area contributed by atoms with Crippen LogP contribution in [0.1, 0.15) is 15.9 Å². The highest BCUT2D eigenvalue weighted by Crippen LogP contribution is 2.20. The number of rotatable bonds is 6. The number of anilines is 1. The fourth-order valence-corrected chi connectivity index (χ4v) is 5.43. The Balaban J connectivity index is 1.44. The first kappa shape index (κ1) is 23.4. The van der Waals surface area contributed by atoms with Gasteiger partial charge in [-0.25, -0.2) is 8.42 Å². The van der Waals surface area contributed by atoms with E-state index >= 15 is 0 Å². The molecule has 10 heteroatoms. The molecule has 2 N–H and O–H groups in total. The van der Waals surface area contributed by atoms with Crippen LogP contribution in [-0.2, 0) is 21.4 Å². The fraction of sp³-hybridized carbons (Fsp3) is 0.391. The standard InChI is InChI=1S/C23H29N5O4S/c1-26-10-12-27(13-11-26)16-18-4-2-6-20(14-18)25-23(30)19-5-3-7-21(15-19)33(31,32)28-9-8-24-22(29)17-28/h2-7,14-15H,8-13,16-17H2,1H3,(H,24,29)(H,25,30). The van der Waals surface area contributed by atoms with Crippen LogP contribution in [0.3, 0.4) is 0 Å². The summed E-state index contributed by atoms with van der Waals surface area (Å²) >= 11 is 0. The number of nitrogens with one attached hydrogen (secondary N) is 2. The minimum atomic E-state index is -3.87. The van der Waals surface area contributed by atoms with Gasteiger partial charge in [-0.1, -0.05) is 18.2 Å². The van der Waals surface area contributed by atoms with Crippen molar-refractivity contribution in [3.8, 4) is 0 Å². The van der Waals surface area contributed by atoms with Crippen molar-refractivity contribution >= 4 is 27.5 Å². The summed E-state index contributed by atoms with van der Waals surface area (Å²) in [6, 6.07) is 13.6. The molecule has 33 heavy (non-hydrogen) atoms. The van der Waals surface area contributed by atoms with E-state index in [0.29, 0.717) is 5.69 Å². The van der Waals surface area contributed by atoms with Gasteiger partial charge < -0.3 is 15.5 Å². The predicted molar refractivity (Wildman–Crippen MR) is 125 cm³/mol. The number of piperazine rings is 2. The summed E-state index contributed by atoms with van der Waals surface area (Å²) in [6.45, 7) is 5.15. The first-order valence-corrected chi connectivity index (χ1v) is 12.4. The van der Waals surface area contributed by atoms with Gasteiger partial charge in [-0.2, -0.15) is 4.31 Å². The van der Waals surface area contributed by atoms with Crippen LogP contribution in [-0.4, -0.2) is 87.2 Å². The van der Waals surface area contributed by atoms with E-state index in [2.05, 4.69) is 27.5 Å². The second kappa shape index (κ2) is 10.0. The molecule has 2 fully saturated rings. The Morgan fingerprint density at radius 2 is 1.79 bits per heavy atom. The third-order valence-electron chi connectivity index (χ3n) is 5.92. The lowest BCUT2D eigenvalue weighted by atomic mass is 10.1. The van der Waals surface area contributed by atoms with Crippen LogP contribution in [0.4, 0.5) is 5.69 Å². The summed E-state index contributed by atoms with van der Waals surface area (Å²) in [4.78, 5) is 29.2. The van der Waals surface area contributed by atoms with Crippen LogP contribution in [0.5, 0.6) is 0 Å². The quantitative estimate of drug-likeness (QED) is 0.647. The van der Waals surface area contributed by atoms with E-state index in [9.17, 15) is 18.0 Å². The lowest BCUT2D eigenvalue weighted by Crippen LogP contribution is -2.49. The molecule has 2 aromatic carbocycles. The fourth-order valence-electron chi connectivity index (χ4n) is 3.98. The molecular formula is C23H29N5O4S. The number of benzene rings is 2. The van der Waals surface area contributed by atoms with Crippen LogP contribution in [0.15, 0.2) is 53.4 Å². The Morgan fingerprint density at radius 1 is 1.03 bits per heavy atom. The van der Waals surface area contributed by atoms with Crippen LogP contribution in [0.2, 0.25) is 0 Å². The highest BCUT2D eigenvalue weighted by molar-refractivity contribution is 7.89. The third kappa shape index (κ3) is 5.77. The zero-order valence-electron chi connectivity index (χ0n) is 18.7. The van der Waals surface area contributed by atoms with Crippen molar-refractivity contribution in [2.75, 3.05) is 58.2 Å². The SMILES string of the molecule is CN1CCN(Cc2cccc(NC(=O)c3cccc(S(=O)(=O)N4CCNC(=O)C4)c3)c2)CC1. The molecule has 2 amide bonds. The average molecular weight is 472 g/mol. The molecule has 0 aromatic heterocycles. The minimum absolute atomic E-state index is 0.00586. The Morgan fingerprint density at radius 3 is 2.55 bits per heavy atom. The summed E-state index contributed by atoms with van der Waals surface area (Å²) in [5, 5.41) is 5.48. The van der Waals surface area contributed by atoms with Crippen molar-refractivity contribution < 1.29 is 18.0 Å². The van der Waals surface area contributed by atoms with Gasteiger partial charge in [0, 0.05) is 57.1 Å². The number of carbonyl (C=O) groups excluding carboxylic acids is 2. The zero-order chi connectivity index (χ0) is 23.4. The van der Waals surface area contributed by atoms with E-state index in [4.69, 9.17) is 0 Å². The minimum Gasteiger partial charge on any atom is -0.354 e.